The lowest BCUT2D eigenvalue weighted by Crippen LogP contribution is -2.19. The number of fused-ring (bicyclic) bond motifs is 1. The number of thioether (sulfide) groups is 2. The minimum atomic E-state index is -0.254. The highest BCUT2D eigenvalue weighted by molar-refractivity contribution is 8.03. The molecule has 0 unspecified atom stereocenters. The molecule has 1 aromatic heterocycles. The van der Waals surface area contributed by atoms with Crippen molar-refractivity contribution in [3.8, 4) is 17.2 Å². The molecule has 0 aliphatic carbocycles. The number of hydrogen-bond acceptors (Lipinski definition) is 10. The number of nitrogens with one attached hydrogen (secondary N) is 1. The zero-order valence-electron chi connectivity index (χ0n) is 19.9. The molecule has 4 aromatic rings. The minimum Gasteiger partial charge on any atom is -0.496 e. The lowest BCUT2D eigenvalue weighted by Gasteiger charge is -2.11. The van der Waals surface area contributed by atoms with Gasteiger partial charge in [-0.15, -0.1) is 10.2 Å². The predicted molar refractivity (Wildman–Crippen MR) is 146 cm³/mol. The van der Waals surface area contributed by atoms with Gasteiger partial charge in [-0.25, -0.2) is 5.43 Å². The number of hydrogen-bond donors (Lipinski definition) is 1. The van der Waals surface area contributed by atoms with Crippen molar-refractivity contribution in [3.63, 3.8) is 0 Å². The van der Waals surface area contributed by atoms with Crippen molar-refractivity contribution in [2.45, 2.75) is 14.4 Å². The van der Waals surface area contributed by atoms with Gasteiger partial charge in [0, 0.05) is 17.4 Å². The molecule has 11 heteroatoms. The molecule has 36 heavy (non-hydrogen) atoms. The summed E-state index contributed by atoms with van der Waals surface area (Å²) in [5.74, 6) is 2.34. The van der Waals surface area contributed by atoms with Crippen LogP contribution in [-0.4, -0.2) is 49.4 Å². The number of carbonyl (C=O) groups excluding carboxylic acids is 1. The van der Waals surface area contributed by atoms with E-state index in [4.69, 9.17) is 14.2 Å². The van der Waals surface area contributed by atoms with E-state index in [1.54, 1.807) is 45.2 Å². The van der Waals surface area contributed by atoms with Gasteiger partial charge in [0.2, 0.25) is 0 Å². The number of aromatic nitrogens is 2. The van der Waals surface area contributed by atoms with E-state index in [0.29, 0.717) is 22.8 Å². The van der Waals surface area contributed by atoms with Crippen LogP contribution in [0.2, 0.25) is 0 Å². The molecule has 0 aliphatic heterocycles. The molecule has 0 spiro atoms. The molecule has 3 aromatic carbocycles. The highest BCUT2D eigenvalue weighted by Crippen LogP contribution is 2.34. The molecule has 8 nitrogen and oxygen atoms in total. The largest absolute Gasteiger partial charge is 0.496 e. The molecule has 0 saturated carbocycles. The second-order valence-electron chi connectivity index (χ2n) is 7.29. The second-order valence-corrected chi connectivity index (χ2v) is 10.7. The van der Waals surface area contributed by atoms with Gasteiger partial charge in [-0.05, 0) is 22.4 Å². The first-order valence-electron chi connectivity index (χ1n) is 10.8. The Morgan fingerprint density at radius 2 is 1.64 bits per heavy atom. The fourth-order valence-corrected chi connectivity index (χ4v) is 6.18. The summed E-state index contributed by atoms with van der Waals surface area (Å²) in [6.07, 6.45) is 1.50. The Bertz CT molecular complexity index is 1370. The van der Waals surface area contributed by atoms with Crippen LogP contribution in [0.5, 0.6) is 17.2 Å². The summed E-state index contributed by atoms with van der Waals surface area (Å²) in [5.41, 5.74) is 4.42. The van der Waals surface area contributed by atoms with Gasteiger partial charge in [0.25, 0.3) is 5.91 Å². The number of nitrogens with zero attached hydrogens (tertiary/aromatic N) is 3. The zero-order valence-corrected chi connectivity index (χ0v) is 22.3. The van der Waals surface area contributed by atoms with Gasteiger partial charge in [-0.1, -0.05) is 77.3 Å². The Balaban J connectivity index is 1.28. The van der Waals surface area contributed by atoms with Crippen molar-refractivity contribution in [1.29, 1.82) is 0 Å². The van der Waals surface area contributed by atoms with E-state index < -0.39 is 0 Å². The van der Waals surface area contributed by atoms with Crippen LogP contribution in [0.25, 0.3) is 10.8 Å². The second kappa shape index (κ2) is 12.6. The SMILES string of the molecule is COc1cc(OC)c(OC)cc1/C=N\NC(=O)CSc1nnc(SCc2cccc3ccccc23)s1. The number of benzene rings is 3. The van der Waals surface area contributed by atoms with Crippen molar-refractivity contribution >= 4 is 57.8 Å². The first-order valence-corrected chi connectivity index (χ1v) is 13.6. The Labute approximate surface area is 221 Å². The maximum Gasteiger partial charge on any atom is 0.250 e. The molecular weight excluding hydrogens is 517 g/mol. The normalized spacial score (nSPS) is 11.1. The van der Waals surface area contributed by atoms with E-state index in [2.05, 4.69) is 57.1 Å². The van der Waals surface area contributed by atoms with Gasteiger partial charge in [0.05, 0.1) is 33.3 Å². The third-order valence-electron chi connectivity index (χ3n) is 5.07. The molecule has 0 bridgehead atoms. The molecule has 1 heterocycles. The maximum atomic E-state index is 12.3. The van der Waals surface area contributed by atoms with Gasteiger partial charge in [-0.3, -0.25) is 4.79 Å². The molecule has 0 fully saturated rings. The Morgan fingerprint density at radius 3 is 2.42 bits per heavy atom. The van der Waals surface area contributed by atoms with E-state index in [1.807, 2.05) is 6.07 Å². The predicted octanol–water partition coefficient (Wildman–Crippen LogP) is 5.25. The number of methoxy groups -OCH3 is 3. The average molecular weight is 541 g/mol. The van der Waals surface area contributed by atoms with Crippen molar-refractivity contribution in [2.75, 3.05) is 27.1 Å². The topological polar surface area (TPSA) is 94.9 Å². The molecule has 0 radical (unpaired) electrons. The van der Waals surface area contributed by atoms with Gasteiger partial charge in [0.1, 0.15) is 5.75 Å². The fraction of sp³-hybridized carbons (Fsp3) is 0.200. The summed E-state index contributed by atoms with van der Waals surface area (Å²) < 4.78 is 17.5. The van der Waals surface area contributed by atoms with Crippen molar-refractivity contribution in [1.82, 2.24) is 15.6 Å². The van der Waals surface area contributed by atoms with Crippen LogP contribution in [0.4, 0.5) is 0 Å². The van der Waals surface area contributed by atoms with E-state index in [-0.39, 0.29) is 11.7 Å². The van der Waals surface area contributed by atoms with E-state index >= 15 is 0 Å². The molecule has 0 saturated heterocycles. The van der Waals surface area contributed by atoms with Crippen LogP contribution in [0.15, 0.2) is 68.4 Å². The molecule has 186 valence electrons. The molecule has 4 rings (SSSR count). The van der Waals surface area contributed by atoms with Crippen molar-refractivity contribution in [3.05, 3.63) is 65.7 Å². The van der Waals surface area contributed by atoms with Gasteiger partial charge < -0.3 is 14.2 Å². The molecule has 0 aliphatic rings. The van der Waals surface area contributed by atoms with E-state index in [9.17, 15) is 4.79 Å². The zero-order chi connectivity index (χ0) is 25.3. The molecule has 1 amide bonds. The molecule has 1 N–H and O–H groups in total. The maximum absolute atomic E-state index is 12.3. The first kappa shape index (κ1) is 25.8. The van der Waals surface area contributed by atoms with Gasteiger partial charge in [-0.2, -0.15) is 5.10 Å². The van der Waals surface area contributed by atoms with E-state index in [0.717, 1.165) is 14.4 Å². The summed E-state index contributed by atoms with van der Waals surface area (Å²) in [7, 11) is 4.64. The van der Waals surface area contributed by atoms with Crippen LogP contribution in [0, 0.1) is 0 Å². The number of rotatable bonds is 11. The number of amides is 1. The van der Waals surface area contributed by atoms with Crippen molar-refractivity contribution in [2.24, 2.45) is 5.10 Å². The van der Waals surface area contributed by atoms with Gasteiger partial charge >= 0.3 is 0 Å². The molecule has 0 atom stereocenters. The monoisotopic (exact) mass is 540 g/mol. The highest BCUT2D eigenvalue weighted by Gasteiger charge is 2.12. The molecular formula is C25H24N4O4S3. The number of carbonyl (C=O) groups is 1. The third kappa shape index (κ3) is 6.48. The third-order valence-corrected chi connectivity index (χ3v) is 8.31. The summed E-state index contributed by atoms with van der Waals surface area (Å²) in [6.45, 7) is 0. The number of hydrazone groups is 1. The summed E-state index contributed by atoms with van der Waals surface area (Å²) in [6, 6.07) is 18.1. The van der Waals surface area contributed by atoms with Crippen LogP contribution < -0.4 is 19.6 Å². The van der Waals surface area contributed by atoms with E-state index in [1.165, 1.54) is 45.6 Å². The number of ether oxygens (including phenoxy) is 3. The lowest BCUT2D eigenvalue weighted by molar-refractivity contribution is -0.118. The van der Waals surface area contributed by atoms with Crippen LogP contribution in [-0.2, 0) is 10.5 Å². The van der Waals surface area contributed by atoms with Gasteiger partial charge in [0.15, 0.2) is 20.2 Å². The van der Waals surface area contributed by atoms with Crippen molar-refractivity contribution < 1.29 is 19.0 Å². The lowest BCUT2D eigenvalue weighted by atomic mass is 10.1. The highest BCUT2D eigenvalue weighted by atomic mass is 32.2. The Hall–Kier alpha value is -3.28. The first-order chi connectivity index (χ1) is 17.6. The summed E-state index contributed by atoms with van der Waals surface area (Å²) >= 11 is 4.44. The average Bonchev–Trinajstić information content (AvgIpc) is 3.38. The van der Waals surface area contributed by atoms with Crippen LogP contribution in [0.3, 0.4) is 0 Å². The quantitative estimate of drug-likeness (QED) is 0.157. The summed E-state index contributed by atoms with van der Waals surface area (Å²) in [5, 5.41) is 15.0. The standard InChI is InChI=1S/C25H24N4O4S3/c1-31-20-12-22(33-3)21(32-2)11-18(20)13-26-27-23(30)15-35-25-29-28-24(36-25)34-14-17-9-6-8-16-7-4-5-10-19(16)17/h4-13H,14-15H2,1-3H3,(H,27,30)/b26-13-. The van der Waals surface area contributed by atoms with Crippen LogP contribution >= 0.6 is 34.9 Å². The Morgan fingerprint density at radius 1 is 0.944 bits per heavy atom. The smallest absolute Gasteiger partial charge is 0.250 e. The minimum absolute atomic E-state index is 0.170. The summed E-state index contributed by atoms with van der Waals surface area (Å²) in [4.78, 5) is 12.3. The van der Waals surface area contributed by atoms with Crippen LogP contribution in [0.1, 0.15) is 11.1 Å². The fourth-order valence-electron chi connectivity index (χ4n) is 3.36. The Kier molecular flexibility index (Phi) is 9.04.